The van der Waals surface area contributed by atoms with E-state index < -0.39 is 35.6 Å². The van der Waals surface area contributed by atoms with Gasteiger partial charge in [0, 0.05) is 32.0 Å². The molecule has 0 spiro atoms. The molecule has 2 aliphatic rings. The zero-order valence-corrected chi connectivity index (χ0v) is 18.3. The second-order valence-electron chi connectivity index (χ2n) is 7.82. The number of nitrogens with one attached hydrogen (secondary N) is 1. The van der Waals surface area contributed by atoms with Crippen molar-refractivity contribution in [1.29, 1.82) is 0 Å². The van der Waals surface area contributed by atoms with Gasteiger partial charge < -0.3 is 16.8 Å². The van der Waals surface area contributed by atoms with Gasteiger partial charge in [-0.05, 0) is 17.5 Å². The van der Waals surface area contributed by atoms with E-state index in [1.165, 1.54) is 5.01 Å². The molecule has 1 fully saturated rings. The third kappa shape index (κ3) is 4.08. The second-order valence-corrected chi connectivity index (χ2v) is 8.82. The number of fused-ring (bicyclic) bond motifs is 2. The van der Waals surface area contributed by atoms with Crippen LogP contribution in [0.4, 0.5) is 0 Å². The molecule has 2 aromatic rings. The summed E-state index contributed by atoms with van der Waals surface area (Å²) in [6, 6.07) is 5.09. The number of hydrogen-bond acceptors (Lipinski definition) is 7. The number of primary amides is 2. The first kappa shape index (κ1) is 20.6. The molecule has 0 bridgehead atoms. The average molecular weight is 458 g/mol. The van der Waals surface area contributed by atoms with Gasteiger partial charge in [-0.25, -0.2) is 9.99 Å². The Hall–Kier alpha value is -3.31. The van der Waals surface area contributed by atoms with E-state index in [-0.39, 0.29) is 22.0 Å². The summed E-state index contributed by atoms with van der Waals surface area (Å²) in [5, 5.41) is 5.98. The summed E-state index contributed by atoms with van der Waals surface area (Å²) in [4.78, 5) is 53.9. The molecule has 4 amide bonds. The highest BCUT2D eigenvalue weighted by Gasteiger charge is 2.38. The number of hydrogen-bond donors (Lipinski definition) is 3. The molecular formula is C21H24N6O4S. The van der Waals surface area contributed by atoms with Crippen LogP contribution < -0.4 is 16.8 Å². The molecule has 0 saturated carbocycles. The molecule has 10 nitrogen and oxygen atoms in total. The van der Waals surface area contributed by atoms with E-state index in [9.17, 15) is 19.2 Å². The first-order valence-electron chi connectivity index (χ1n) is 10.7. The van der Waals surface area contributed by atoms with Gasteiger partial charge in [0.05, 0.1) is 7.06 Å². The van der Waals surface area contributed by atoms with E-state index in [0.29, 0.717) is 25.2 Å². The number of carbonyl (C=O) groups is 4. The molecule has 0 aliphatic carbocycles. The van der Waals surface area contributed by atoms with Crippen LogP contribution in [0, 0.1) is 5.92 Å². The summed E-state index contributed by atoms with van der Waals surface area (Å²) < 4.78 is 9.08. The van der Waals surface area contributed by atoms with Crippen LogP contribution in [0.15, 0.2) is 24.3 Å². The number of amides is 4. The van der Waals surface area contributed by atoms with Crippen molar-refractivity contribution < 1.29 is 20.5 Å². The normalized spacial score (nSPS) is 21.8. The summed E-state index contributed by atoms with van der Waals surface area (Å²) in [5.74, 6) is -3.43. The molecule has 0 unspecified atom stereocenters. The molecule has 2 atom stereocenters. The summed E-state index contributed by atoms with van der Waals surface area (Å²) in [5.41, 5.74) is 12.0. The topological polar surface area (TPSA) is 152 Å². The number of rotatable bonds is 6. The fourth-order valence-corrected chi connectivity index (χ4v) is 4.74. The van der Waals surface area contributed by atoms with Crippen LogP contribution in [0.5, 0.6) is 0 Å². The van der Waals surface area contributed by atoms with Gasteiger partial charge in [-0.1, -0.05) is 31.2 Å². The Labute approximate surface area is 189 Å². The molecule has 1 aromatic carbocycles. The first-order chi connectivity index (χ1) is 15.6. The minimum absolute atomic E-state index is 0.0182. The van der Waals surface area contributed by atoms with Crippen molar-refractivity contribution in [3.8, 4) is 0 Å². The summed E-state index contributed by atoms with van der Waals surface area (Å²) >= 11 is 0.773. The van der Waals surface area contributed by atoms with Crippen molar-refractivity contribution in [1.82, 2.24) is 20.3 Å². The Morgan fingerprint density at radius 1 is 1.28 bits per heavy atom. The van der Waals surface area contributed by atoms with Crippen molar-refractivity contribution in [2.24, 2.45) is 17.4 Å². The Morgan fingerprint density at radius 3 is 2.75 bits per heavy atom. The average Bonchev–Trinajstić information content (AvgIpc) is 3.38. The van der Waals surface area contributed by atoms with Crippen molar-refractivity contribution >= 4 is 35.0 Å². The Balaban J connectivity index is 1.61. The van der Waals surface area contributed by atoms with Crippen LogP contribution >= 0.6 is 11.3 Å². The van der Waals surface area contributed by atoms with Gasteiger partial charge in [-0.2, -0.15) is 0 Å². The fourth-order valence-electron chi connectivity index (χ4n) is 3.94. The van der Waals surface area contributed by atoms with Crippen LogP contribution in [0.3, 0.4) is 0 Å². The Kier molecular flexibility index (Phi) is 5.58. The number of aromatic nitrogens is 1. The zero-order valence-electron chi connectivity index (χ0n) is 18.5. The lowest BCUT2D eigenvalue weighted by Crippen LogP contribution is -2.46. The maximum absolute atomic E-state index is 13.4. The molecule has 3 heterocycles. The second kappa shape index (κ2) is 8.67. The standard InChI is InChI=1S/C21H24N6O4S/c1-11(9-14-16(17(22)28)32-20(24-14)18(23)29)19(30)25-15-13-6-3-2-5-12(13)10-26-7-4-8-27(26)21(15)31/h2-3,5-6,11,15H,4,7-10H2,1H3,(H2,22,28)(H2,23,29)(H,25,30)/t11-,15+/m1/s1/i15D. The number of hydrazine groups is 1. The quantitative estimate of drug-likeness (QED) is 0.569. The third-order valence-electron chi connectivity index (χ3n) is 5.54. The molecule has 2 aliphatic heterocycles. The van der Waals surface area contributed by atoms with Crippen molar-refractivity contribution in [3.05, 3.63) is 51.0 Å². The molecule has 4 rings (SSSR count). The van der Waals surface area contributed by atoms with Gasteiger partial charge in [-0.15, -0.1) is 11.3 Å². The maximum Gasteiger partial charge on any atom is 0.277 e. The van der Waals surface area contributed by atoms with Gasteiger partial charge in [0.2, 0.25) is 5.91 Å². The monoisotopic (exact) mass is 457 g/mol. The maximum atomic E-state index is 13.4. The number of thiazole rings is 1. The van der Waals surface area contributed by atoms with Crippen LogP contribution in [0.25, 0.3) is 0 Å². The van der Waals surface area contributed by atoms with Gasteiger partial charge in [-0.3, -0.25) is 24.2 Å². The van der Waals surface area contributed by atoms with Crippen LogP contribution in [0.1, 0.15) is 57.0 Å². The Bertz CT molecular complexity index is 1150. The molecule has 0 radical (unpaired) electrons. The van der Waals surface area contributed by atoms with Crippen molar-refractivity contribution in [3.63, 3.8) is 0 Å². The third-order valence-corrected chi connectivity index (χ3v) is 6.67. The zero-order chi connectivity index (χ0) is 23.9. The lowest BCUT2D eigenvalue weighted by Gasteiger charge is -2.28. The minimum atomic E-state index is -2.01. The van der Waals surface area contributed by atoms with Crippen LogP contribution in [-0.4, -0.2) is 51.7 Å². The SMILES string of the molecule is [2H][C@@]1(NC(=O)[C@H](C)Cc2nc(C(N)=O)sc2C(N)=O)C(=O)N2CCCN2Cc2ccccc21. The van der Waals surface area contributed by atoms with Crippen molar-refractivity contribution in [2.45, 2.75) is 32.3 Å². The number of nitrogens with zero attached hydrogens (tertiary/aromatic N) is 3. The van der Waals surface area contributed by atoms with Gasteiger partial charge >= 0.3 is 0 Å². The molecule has 1 saturated heterocycles. The molecule has 11 heteroatoms. The predicted molar refractivity (Wildman–Crippen MR) is 116 cm³/mol. The highest BCUT2D eigenvalue weighted by Crippen LogP contribution is 2.30. The Morgan fingerprint density at radius 2 is 2.03 bits per heavy atom. The molecular weight excluding hydrogens is 432 g/mol. The summed E-state index contributed by atoms with van der Waals surface area (Å²) in [6.45, 7) is 3.24. The summed E-state index contributed by atoms with van der Waals surface area (Å²) in [6.07, 6.45) is 0.770. The molecule has 1 aromatic heterocycles. The summed E-state index contributed by atoms with van der Waals surface area (Å²) in [7, 11) is 0. The van der Waals surface area contributed by atoms with Gasteiger partial charge in [0.1, 0.15) is 10.9 Å². The van der Waals surface area contributed by atoms with Gasteiger partial charge in [0.25, 0.3) is 17.7 Å². The van der Waals surface area contributed by atoms with E-state index in [1.807, 2.05) is 17.1 Å². The van der Waals surface area contributed by atoms with Crippen molar-refractivity contribution in [2.75, 3.05) is 13.1 Å². The van der Waals surface area contributed by atoms with E-state index in [4.69, 9.17) is 12.8 Å². The first-order valence-corrected chi connectivity index (χ1v) is 11.0. The lowest BCUT2D eigenvalue weighted by atomic mass is 9.98. The molecule has 5 N–H and O–H groups in total. The lowest BCUT2D eigenvalue weighted by molar-refractivity contribution is -0.148. The molecule has 168 valence electrons. The van der Waals surface area contributed by atoms with E-state index in [1.54, 1.807) is 19.1 Å². The molecule has 32 heavy (non-hydrogen) atoms. The number of carbonyl (C=O) groups excluding carboxylic acids is 4. The van der Waals surface area contributed by atoms with Crippen LogP contribution in [0.2, 0.25) is 0 Å². The number of benzene rings is 1. The number of nitrogens with two attached hydrogens (primary N) is 2. The smallest absolute Gasteiger partial charge is 0.277 e. The fraction of sp³-hybridized carbons (Fsp3) is 0.381. The highest BCUT2D eigenvalue weighted by molar-refractivity contribution is 7.15. The van der Waals surface area contributed by atoms with E-state index in [2.05, 4.69) is 10.3 Å². The van der Waals surface area contributed by atoms with Crippen LogP contribution in [-0.2, 0) is 22.6 Å². The van der Waals surface area contributed by atoms with Gasteiger partial charge in [0.15, 0.2) is 5.01 Å². The minimum Gasteiger partial charge on any atom is -0.365 e. The predicted octanol–water partition coefficient (Wildman–Crippen LogP) is 0.340. The van der Waals surface area contributed by atoms with E-state index in [0.717, 1.165) is 23.3 Å². The highest BCUT2D eigenvalue weighted by atomic mass is 32.1. The van der Waals surface area contributed by atoms with E-state index >= 15 is 0 Å². The largest absolute Gasteiger partial charge is 0.365 e.